The van der Waals surface area contributed by atoms with Gasteiger partial charge in [-0.2, -0.15) is 0 Å². The number of carbonyl (C=O) groups excluding carboxylic acids is 2. The van der Waals surface area contributed by atoms with Gasteiger partial charge in [-0.15, -0.1) is 0 Å². The van der Waals surface area contributed by atoms with Crippen molar-refractivity contribution in [2.24, 2.45) is 0 Å². The van der Waals surface area contributed by atoms with E-state index in [1.807, 2.05) is 6.07 Å². The van der Waals surface area contributed by atoms with Crippen LogP contribution in [-0.4, -0.2) is 17.1 Å². The molecule has 0 aliphatic rings. The first-order valence-electron chi connectivity index (χ1n) is 3.72. The van der Waals surface area contributed by atoms with Crippen LogP contribution in [0.1, 0.15) is 10.4 Å². The quantitative estimate of drug-likeness (QED) is 0.813. The lowest BCUT2D eigenvalue weighted by Gasteiger charge is -2.00. The van der Waals surface area contributed by atoms with E-state index in [2.05, 4.69) is 21.2 Å². The summed E-state index contributed by atoms with van der Waals surface area (Å²) in [6.45, 7) is 0.00767. The number of rotatable bonds is 3. The summed E-state index contributed by atoms with van der Waals surface area (Å²) < 4.78 is -0.239. The highest BCUT2D eigenvalue weighted by molar-refractivity contribution is 9.18. The highest BCUT2D eigenvalue weighted by atomic mass is 79.9. The molecule has 1 amide bonds. The molecule has 0 radical (unpaired) electrons. The Morgan fingerprint density at radius 1 is 1.23 bits per heavy atom. The number of halogens is 1. The first-order valence-corrected chi connectivity index (χ1v) is 4.51. The van der Waals surface area contributed by atoms with Gasteiger partial charge in [0.1, 0.15) is 0 Å². The van der Waals surface area contributed by atoms with Gasteiger partial charge in [-0.1, -0.05) is 18.2 Å². The minimum atomic E-state index is -0.242. The van der Waals surface area contributed by atoms with Crippen molar-refractivity contribution >= 4 is 26.5 Å². The van der Waals surface area contributed by atoms with Crippen molar-refractivity contribution in [1.82, 2.24) is 5.32 Å². The normalized spacial score (nSPS) is 9.31. The van der Waals surface area contributed by atoms with Crippen LogP contribution >= 0.6 is 15.9 Å². The molecule has 1 aromatic rings. The van der Waals surface area contributed by atoms with E-state index >= 15 is 0 Å². The van der Waals surface area contributed by atoms with Crippen LogP contribution in [0.4, 0.5) is 0 Å². The van der Waals surface area contributed by atoms with E-state index in [1.54, 1.807) is 24.3 Å². The monoisotopic (exact) mass is 241 g/mol. The summed E-state index contributed by atoms with van der Waals surface area (Å²) >= 11 is 2.72. The van der Waals surface area contributed by atoms with Gasteiger partial charge < -0.3 is 5.32 Å². The molecule has 0 bridgehead atoms. The lowest BCUT2D eigenvalue weighted by atomic mass is 10.2. The van der Waals surface area contributed by atoms with Gasteiger partial charge in [0, 0.05) is 5.56 Å². The molecule has 0 fully saturated rings. The van der Waals surface area contributed by atoms with Crippen LogP contribution in [0.25, 0.3) is 0 Å². The van der Waals surface area contributed by atoms with Crippen LogP contribution in [0.2, 0.25) is 0 Å². The zero-order valence-electron chi connectivity index (χ0n) is 6.79. The van der Waals surface area contributed by atoms with Gasteiger partial charge in [-0.05, 0) is 28.1 Å². The average molecular weight is 242 g/mol. The van der Waals surface area contributed by atoms with Crippen LogP contribution in [0, 0.1) is 0 Å². The first-order chi connectivity index (χ1) is 6.20. The molecule has 3 nitrogen and oxygen atoms in total. The number of hydrogen-bond acceptors (Lipinski definition) is 2. The Kier molecular flexibility index (Phi) is 3.64. The van der Waals surface area contributed by atoms with Gasteiger partial charge in [-0.25, -0.2) is 0 Å². The van der Waals surface area contributed by atoms with E-state index in [0.717, 1.165) is 0 Å². The maximum atomic E-state index is 11.3. The maximum absolute atomic E-state index is 11.3. The molecular formula is C9H8BrNO2. The van der Waals surface area contributed by atoms with E-state index in [0.29, 0.717) is 5.56 Å². The van der Waals surface area contributed by atoms with E-state index in [9.17, 15) is 9.59 Å². The van der Waals surface area contributed by atoms with Crippen LogP contribution < -0.4 is 5.32 Å². The second-order valence-electron chi connectivity index (χ2n) is 2.40. The molecule has 1 rings (SSSR count). The van der Waals surface area contributed by atoms with E-state index in [4.69, 9.17) is 0 Å². The Hall–Kier alpha value is -1.16. The lowest BCUT2D eigenvalue weighted by Crippen LogP contribution is -2.27. The molecule has 0 aliphatic carbocycles. The predicted molar refractivity (Wildman–Crippen MR) is 52.7 cm³/mol. The summed E-state index contributed by atoms with van der Waals surface area (Å²) in [5.74, 6) is -0.242. The molecule has 0 aliphatic heterocycles. The number of carbonyl (C=O) groups is 2. The molecule has 13 heavy (non-hydrogen) atoms. The lowest BCUT2D eigenvalue weighted by molar-refractivity contribution is -0.109. The second kappa shape index (κ2) is 4.77. The van der Waals surface area contributed by atoms with Crippen LogP contribution in [0.3, 0.4) is 0 Å². The van der Waals surface area contributed by atoms with E-state index < -0.39 is 0 Å². The zero-order valence-corrected chi connectivity index (χ0v) is 8.37. The van der Waals surface area contributed by atoms with Crippen molar-refractivity contribution in [1.29, 1.82) is 0 Å². The second-order valence-corrected chi connectivity index (χ2v) is 3.29. The van der Waals surface area contributed by atoms with Gasteiger partial charge in [0.15, 0.2) is 0 Å². The molecule has 0 atom stereocenters. The largest absolute Gasteiger partial charge is 0.344 e. The van der Waals surface area contributed by atoms with Crippen molar-refractivity contribution in [3.05, 3.63) is 35.9 Å². The van der Waals surface area contributed by atoms with Gasteiger partial charge in [0.05, 0.1) is 6.54 Å². The van der Waals surface area contributed by atoms with Crippen molar-refractivity contribution in [2.75, 3.05) is 6.54 Å². The summed E-state index contributed by atoms with van der Waals surface area (Å²) in [5, 5.41) is 2.46. The van der Waals surface area contributed by atoms with Gasteiger partial charge in [-0.3, -0.25) is 9.59 Å². The van der Waals surface area contributed by atoms with Crippen molar-refractivity contribution in [3.8, 4) is 0 Å². The molecule has 0 saturated carbocycles. The fraction of sp³-hybridized carbons (Fsp3) is 0.111. The van der Waals surface area contributed by atoms with Gasteiger partial charge >= 0.3 is 0 Å². The topological polar surface area (TPSA) is 46.2 Å². The smallest absolute Gasteiger partial charge is 0.251 e. The highest BCUT2D eigenvalue weighted by Crippen LogP contribution is 1.97. The Labute approximate surface area is 84.3 Å². The molecule has 4 heteroatoms. The Morgan fingerprint density at radius 2 is 1.85 bits per heavy atom. The minimum absolute atomic E-state index is 0.00767. The van der Waals surface area contributed by atoms with Crippen LogP contribution in [0.5, 0.6) is 0 Å². The standard InChI is InChI=1S/C9H8BrNO2/c10-8(12)6-11-9(13)7-4-2-1-3-5-7/h1-5H,6H2,(H,11,13). The fourth-order valence-corrected chi connectivity index (χ4v) is 0.982. The summed E-state index contributed by atoms with van der Waals surface area (Å²) in [7, 11) is 0. The number of amides is 1. The molecule has 1 N–H and O–H groups in total. The zero-order chi connectivity index (χ0) is 9.68. The summed E-state index contributed by atoms with van der Waals surface area (Å²) in [5.41, 5.74) is 0.552. The third-order valence-electron chi connectivity index (χ3n) is 1.42. The summed E-state index contributed by atoms with van der Waals surface area (Å²) in [4.78, 5) is 21.7. The SMILES string of the molecule is O=C(Br)CNC(=O)c1ccccc1. The molecule has 0 heterocycles. The molecule has 1 aromatic carbocycles. The van der Waals surface area contributed by atoms with Crippen LogP contribution in [-0.2, 0) is 4.79 Å². The third kappa shape index (κ3) is 3.38. The van der Waals surface area contributed by atoms with Crippen molar-refractivity contribution in [2.45, 2.75) is 0 Å². The van der Waals surface area contributed by atoms with Crippen LogP contribution in [0.15, 0.2) is 30.3 Å². The minimum Gasteiger partial charge on any atom is -0.344 e. The predicted octanol–water partition coefficient (Wildman–Crippen LogP) is 1.34. The van der Waals surface area contributed by atoms with E-state index in [1.165, 1.54) is 0 Å². The summed E-state index contributed by atoms with van der Waals surface area (Å²) in [6.07, 6.45) is 0. The number of nitrogens with one attached hydrogen (secondary N) is 1. The van der Waals surface area contributed by atoms with Gasteiger partial charge in [0.2, 0.25) is 4.69 Å². The Morgan fingerprint density at radius 3 is 2.38 bits per heavy atom. The highest BCUT2D eigenvalue weighted by Gasteiger charge is 2.04. The molecule has 0 saturated heterocycles. The fourth-order valence-electron chi connectivity index (χ4n) is 0.841. The molecule has 0 aromatic heterocycles. The average Bonchev–Trinajstić information content (AvgIpc) is 2.15. The first kappa shape index (κ1) is 9.92. The Balaban J connectivity index is 2.54. The van der Waals surface area contributed by atoms with Gasteiger partial charge in [0.25, 0.3) is 5.91 Å². The molecule has 0 unspecified atom stereocenters. The molecule has 68 valence electrons. The molecular weight excluding hydrogens is 234 g/mol. The van der Waals surface area contributed by atoms with E-state index in [-0.39, 0.29) is 17.1 Å². The number of benzene rings is 1. The molecule has 0 spiro atoms. The summed E-state index contributed by atoms with van der Waals surface area (Å²) in [6, 6.07) is 8.74. The van der Waals surface area contributed by atoms with Crippen molar-refractivity contribution in [3.63, 3.8) is 0 Å². The maximum Gasteiger partial charge on any atom is 0.251 e. The van der Waals surface area contributed by atoms with Crippen molar-refractivity contribution < 1.29 is 9.59 Å². The third-order valence-corrected chi connectivity index (χ3v) is 1.70. The number of hydrogen-bond donors (Lipinski definition) is 1. The Bertz CT molecular complexity index is 311.